The Morgan fingerprint density at radius 2 is 1.90 bits per heavy atom. The lowest BCUT2D eigenvalue weighted by Gasteiger charge is -2.45. The normalized spacial score (nSPS) is 25.5. The van der Waals surface area contributed by atoms with Crippen LogP contribution in [0.4, 0.5) is 10.5 Å². The predicted octanol–water partition coefficient (Wildman–Crippen LogP) is 4.78. The van der Waals surface area contributed by atoms with Crippen LogP contribution in [0.25, 0.3) is 0 Å². The van der Waals surface area contributed by atoms with Crippen molar-refractivity contribution in [2.24, 2.45) is 0 Å². The second kappa shape index (κ2) is 9.09. The standard InChI is InChI=1S/C24H30BrN3O3/c1-28-13-12-24(16-8-9-20(30-2)21(14-16)31-3)11-10-17(15-22(24)28)26-23(29)27-19-7-5-4-6-18(19)25/h4-9,14,17,22H,10-13,15H2,1-3H3,(H2,26,27,29)/t17-,22+,24+/m1/s1. The minimum absolute atomic E-state index is 0.0748. The fourth-order valence-corrected chi connectivity index (χ4v) is 5.68. The number of carbonyl (C=O) groups is 1. The maximum absolute atomic E-state index is 12.6. The third-order valence-corrected chi connectivity index (χ3v) is 7.63. The van der Waals surface area contributed by atoms with Gasteiger partial charge in [0.25, 0.3) is 0 Å². The van der Waals surface area contributed by atoms with E-state index in [0.717, 1.165) is 53.9 Å². The number of para-hydroxylation sites is 1. The number of methoxy groups -OCH3 is 2. The summed E-state index contributed by atoms with van der Waals surface area (Å²) in [5.74, 6) is 1.53. The van der Waals surface area contributed by atoms with Gasteiger partial charge in [-0.1, -0.05) is 18.2 Å². The van der Waals surface area contributed by atoms with Crippen molar-refractivity contribution in [2.75, 3.05) is 33.1 Å². The molecule has 1 aliphatic carbocycles. The van der Waals surface area contributed by atoms with Crippen LogP contribution in [0, 0.1) is 0 Å². The Hall–Kier alpha value is -2.25. The number of nitrogens with one attached hydrogen (secondary N) is 2. The van der Waals surface area contributed by atoms with Crippen molar-refractivity contribution in [2.45, 2.75) is 43.2 Å². The summed E-state index contributed by atoms with van der Waals surface area (Å²) >= 11 is 3.48. The molecule has 2 aromatic rings. The smallest absolute Gasteiger partial charge is 0.319 e. The molecule has 0 spiro atoms. The lowest BCUT2D eigenvalue weighted by molar-refractivity contribution is 0.156. The molecule has 1 aliphatic heterocycles. The lowest BCUT2D eigenvalue weighted by atomic mass is 9.65. The Morgan fingerprint density at radius 3 is 2.65 bits per heavy atom. The van der Waals surface area contributed by atoms with Crippen molar-refractivity contribution < 1.29 is 14.3 Å². The van der Waals surface area contributed by atoms with Crippen LogP contribution in [-0.2, 0) is 5.41 Å². The predicted molar refractivity (Wildman–Crippen MR) is 126 cm³/mol. The fraction of sp³-hybridized carbons (Fsp3) is 0.458. The number of nitrogens with zero attached hydrogens (tertiary/aromatic N) is 1. The lowest BCUT2D eigenvalue weighted by Crippen LogP contribution is -2.52. The molecule has 4 rings (SSSR count). The first kappa shape index (κ1) is 22.0. The van der Waals surface area contributed by atoms with E-state index in [0.29, 0.717) is 6.04 Å². The highest BCUT2D eigenvalue weighted by Crippen LogP contribution is 2.49. The first-order chi connectivity index (χ1) is 15.0. The van der Waals surface area contributed by atoms with Crippen LogP contribution in [0.3, 0.4) is 0 Å². The second-order valence-electron chi connectivity index (χ2n) is 8.52. The van der Waals surface area contributed by atoms with E-state index in [4.69, 9.17) is 9.47 Å². The van der Waals surface area contributed by atoms with Crippen LogP contribution in [-0.4, -0.2) is 50.8 Å². The highest BCUT2D eigenvalue weighted by molar-refractivity contribution is 9.10. The van der Waals surface area contributed by atoms with Crippen LogP contribution in [0.5, 0.6) is 11.5 Å². The third-order valence-electron chi connectivity index (χ3n) is 6.94. The minimum atomic E-state index is -0.156. The van der Waals surface area contributed by atoms with Gasteiger partial charge in [0.05, 0.1) is 19.9 Å². The molecule has 2 aromatic carbocycles. The topological polar surface area (TPSA) is 62.8 Å². The average molecular weight is 488 g/mol. The zero-order chi connectivity index (χ0) is 22.0. The third kappa shape index (κ3) is 4.26. The van der Waals surface area contributed by atoms with Crippen molar-refractivity contribution in [3.05, 3.63) is 52.5 Å². The van der Waals surface area contributed by atoms with Gasteiger partial charge in [-0.15, -0.1) is 0 Å². The van der Waals surface area contributed by atoms with Gasteiger partial charge < -0.3 is 25.0 Å². The number of fused-ring (bicyclic) bond motifs is 1. The van der Waals surface area contributed by atoms with Gasteiger partial charge in [-0.05, 0) is 85.0 Å². The molecule has 2 N–H and O–H groups in total. The quantitative estimate of drug-likeness (QED) is 0.636. The zero-order valence-electron chi connectivity index (χ0n) is 18.3. The summed E-state index contributed by atoms with van der Waals surface area (Å²) in [6.45, 7) is 1.05. The SMILES string of the molecule is COc1ccc([C@@]23CC[C@@H](NC(=O)Nc4ccccc4Br)C[C@@H]2N(C)CC3)cc1OC. The number of ether oxygens (including phenoxy) is 2. The van der Waals surface area contributed by atoms with Gasteiger partial charge in [-0.3, -0.25) is 0 Å². The zero-order valence-corrected chi connectivity index (χ0v) is 19.9. The molecule has 0 radical (unpaired) electrons. The molecule has 0 aromatic heterocycles. The summed E-state index contributed by atoms with van der Waals surface area (Å²) in [4.78, 5) is 15.1. The van der Waals surface area contributed by atoms with Crippen LogP contribution in [0.15, 0.2) is 46.9 Å². The number of amides is 2. The molecular formula is C24H30BrN3O3. The Morgan fingerprint density at radius 1 is 1.13 bits per heavy atom. The molecular weight excluding hydrogens is 458 g/mol. The van der Waals surface area contributed by atoms with Crippen molar-refractivity contribution in [3.63, 3.8) is 0 Å². The Labute approximate surface area is 192 Å². The molecule has 1 saturated carbocycles. The molecule has 166 valence electrons. The van der Waals surface area contributed by atoms with E-state index in [1.807, 2.05) is 30.3 Å². The monoisotopic (exact) mass is 487 g/mol. The summed E-state index contributed by atoms with van der Waals surface area (Å²) in [5.41, 5.74) is 2.15. The van der Waals surface area contributed by atoms with Gasteiger partial charge in [0.15, 0.2) is 11.5 Å². The number of rotatable bonds is 5. The molecule has 7 heteroatoms. The first-order valence-corrected chi connectivity index (χ1v) is 11.5. The molecule has 0 unspecified atom stereocenters. The average Bonchev–Trinajstić information content (AvgIpc) is 3.12. The van der Waals surface area contributed by atoms with Gasteiger partial charge in [0.1, 0.15) is 0 Å². The molecule has 1 heterocycles. The molecule has 6 nitrogen and oxygen atoms in total. The largest absolute Gasteiger partial charge is 0.493 e. The van der Waals surface area contributed by atoms with Gasteiger partial charge in [0.2, 0.25) is 0 Å². The van der Waals surface area contributed by atoms with Gasteiger partial charge in [0, 0.05) is 22.0 Å². The molecule has 2 aliphatic rings. The van der Waals surface area contributed by atoms with E-state index >= 15 is 0 Å². The summed E-state index contributed by atoms with van der Waals surface area (Å²) in [5, 5.41) is 6.15. The molecule has 1 saturated heterocycles. The van der Waals surface area contributed by atoms with E-state index in [-0.39, 0.29) is 17.5 Å². The summed E-state index contributed by atoms with van der Waals surface area (Å²) in [6.07, 6.45) is 4.01. The molecule has 0 bridgehead atoms. The van der Waals surface area contributed by atoms with Gasteiger partial charge >= 0.3 is 6.03 Å². The fourth-order valence-electron chi connectivity index (χ4n) is 5.30. The maximum atomic E-state index is 12.6. The van der Waals surface area contributed by atoms with E-state index in [1.54, 1.807) is 14.2 Å². The molecule has 2 amide bonds. The summed E-state index contributed by atoms with van der Waals surface area (Å²) in [6, 6.07) is 14.3. The van der Waals surface area contributed by atoms with Crippen LogP contribution in [0.2, 0.25) is 0 Å². The number of anilines is 1. The highest BCUT2D eigenvalue weighted by Gasteiger charge is 2.50. The first-order valence-electron chi connectivity index (χ1n) is 10.7. The van der Waals surface area contributed by atoms with Crippen molar-refractivity contribution in [1.29, 1.82) is 0 Å². The number of urea groups is 1. The van der Waals surface area contributed by atoms with Crippen LogP contribution < -0.4 is 20.1 Å². The Kier molecular flexibility index (Phi) is 6.44. The number of hydrogen-bond acceptors (Lipinski definition) is 4. The Balaban J connectivity index is 1.49. The molecule has 3 atom stereocenters. The number of likely N-dealkylation sites (tertiary alicyclic amines) is 1. The Bertz CT molecular complexity index is 953. The summed E-state index contributed by atoms with van der Waals surface area (Å²) < 4.78 is 11.9. The van der Waals surface area contributed by atoms with Gasteiger partial charge in [-0.2, -0.15) is 0 Å². The number of likely N-dealkylation sites (N-methyl/N-ethyl adjacent to an activating group) is 1. The number of hydrogen-bond donors (Lipinski definition) is 2. The van der Waals surface area contributed by atoms with E-state index in [1.165, 1.54) is 5.56 Å². The second-order valence-corrected chi connectivity index (χ2v) is 9.38. The van der Waals surface area contributed by atoms with E-state index in [9.17, 15) is 4.79 Å². The van der Waals surface area contributed by atoms with Gasteiger partial charge in [-0.25, -0.2) is 4.79 Å². The summed E-state index contributed by atoms with van der Waals surface area (Å²) in [7, 11) is 5.54. The van der Waals surface area contributed by atoms with E-state index in [2.05, 4.69) is 50.6 Å². The van der Waals surface area contributed by atoms with Crippen molar-refractivity contribution >= 4 is 27.6 Å². The number of carbonyl (C=O) groups excluding carboxylic acids is 1. The minimum Gasteiger partial charge on any atom is -0.493 e. The highest BCUT2D eigenvalue weighted by atomic mass is 79.9. The maximum Gasteiger partial charge on any atom is 0.319 e. The van der Waals surface area contributed by atoms with E-state index < -0.39 is 0 Å². The van der Waals surface area contributed by atoms with Crippen LogP contribution in [0.1, 0.15) is 31.2 Å². The number of benzene rings is 2. The number of halogens is 1. The van der Waals surface area contributed by atoms with Crippen molar-refractivity contribution in [1.82, 2.24) is 10.2 Å². The van der Waals surface area contributed by atoms with Crippen molar-refractivity contribution in [3.8, 4) is 11.5 Å². The van der Waals surface area contributed by atoms with Crippen LogP contribution >= 0.6 is 15.9 Å². The molecule has 31 heavy (non-hydrogen) atoms. The molecule has 2 fully saturated rings.